The number of benzene rings is 1. The van der Waals surface area contributed by atoms with Crippen molar-refractivity contribution in [2.45, 2.75) is 32.7 Å². The van der Waals surface area contributed by atoms with Crippen LogP contribution in [0.5, 0.6) is 0 Å². The molecule has 0 atom stereocenters. The number of carbonyl (C=O) groups excluding carboxylic acids is 1. The number of aryl methyl sites for hydroxylation is 3. The van der Waals surface area contributed by atoms with Gasteiger partial charge in [0, 0.05) is 18.7 Å². The first-order chi connectivity index (χ1) is 11.5. The maximum absolute atomic E-state index is 12.6. The van der Waals surface area contributed by atoms with Gasteiger partial charge in [0.2, 0.25) is 5.91 Å². The molecular formula is C16H17ClN4O3. The predicted molar refractivity (Wildman–Crippen MR) is 90.4 cm³/mol. The van der Waals surface area contributed by atoms with Crippen molar-refractivity contribution >= 4 is 29.0 Å². The average Bonchev–Trinajstić information content (AvgIpc) is 2.93. The first-order valence-electron chi connectivity index (χ1n) is 7.73. The molecule has 3 rings (SSSR count). The molecule has 2 heterocycles. The zero-order chi connectivity index (χ0) is 17.3. The molecule has 1 aliphatic heterocycles. The molecule has 0 spiro atoms. The van der Waals surface area contributed by atoms with Crippen molar-refractivity contribution in [3.63, 3.8) is 0 Å². The highest BCUT2D eigenvalue weighted by Crippen LogP contribution is 2.28. The van der Waals surface area contributed by atoms with E-state index in [0.29, 0.717) is 6.54 Å². The molecule has 0 N–H and O–H groups in total. The van der Waals surface area contributed by atoms with Gasteiger partial charge in [-0.25, -0.2) is 0 Å². The first kappa shape index (κ1) is 16.4. The summed E-state index contributed by atoms with van der Waals surface area (Å²) in [6.45, 7) is 2.98. The highest BCUT2D eigenvalue weighted by molar-refractivity contribution is 6.32. The number of amides is 1. The van der Waals surface area contributed by atoms with Crippen molar-refractivity contribution in [2.75, 3.05) is 11.4 Å². The van der Waals surface area contributed by atoms with Crippen LogP contribution in [-0.2, 0) is 17.8 Å². The number of hydrogen-bond acceptors (Lipinski definition) is 4. The third-order valence-electron chi connectivity index (χ3n) is 4.08. The molecule has 0 bridgehead atoms. The minimum atomic E-state index is -0.635. The molecule has 0 radical (unpaired) electrons. The van der Waals surface area contributed by atoms with Crippen LogP contribution in [0.4, 0.5) is 11.5 Å². The van der Waals surface area contributed by atoms with Crippen molar-refractivity contribution < 1.29 is 9.72 Å². The van der Waals surface area contributed by atoms with Gasteiger partial charge in [-0.15, -0.1) is 0 Å². The number of aromatic nitrogens is 2. The Balaban J connectivity index is 1.70. The van der Waals surface area contributed by atoms with E-state index in [0.717, 1.165) is 18.5 Å². The van der Waals surface area contributed by atoms with E-state index in [1.54, 1.807) is 4.90 Å². The lowest BCUT2D eigenvalue weighted by atomic mass is 9.99. The molecule has 0 aliphatic carbocycles. The summed E-state index contributed by atoms with van der Waals surface area (Å²) in [5.41, 5.74) is 3.33. The second-order valence-corrected chi connectivity index (χ2v) is 6.26. The van der Waals surface area contributed by atoms with Gasteiger partial charge in [0.25, 0.3) is 0 Å². The highest BCUT2D eigenvalue weighted by atomic mass is 35.5. The summed E-state index contributed by atoms with van der Waals surface area (Å²) in [5, 5.41) is 14.5. The molecule has 7 nitrogen and oxygen atoms in total. The van der Waals surface area contributed by atoms with E-state index in [1.165, 1.54) is 22.0 Å². The quantitative estimate of drug-likeness (QED) is 0.628. The Morgan fingerprint density at radius 3 is 2.96 bits per heavy atom. The maximum atomic E-state index is 12.6. The van der Waals surface area contributed by atoms with Gasteiger partial charge in [-0.3, -0.25) is 4.79 Å². The standard InChI is InChI=1S/C16H17ClN4O3/c1-11-4-5-14-12(9-11)3-2-7-20(14)15(22)6-8-19-10-13(17)16(18-19)21(23)24/h4-5,9-10H,2-3,6-8H2,1H3. The molecular weight excluding hydrogens is 332 g/mol. The number of hydrogen-bond donors (Lipinski definition) is 0. The predicted octanol–water partition coefficient (Wildman–Crippen LogP) is 3.12. The molecule has 2 aromatic rings. The lowest BCUT2D eigenvalue weighted by Crippen LogP contribution is -2.36. The van der Waals surface area contributed by atoms with Gasteiger partial charge < -0.3 is 15.0 Å². The topological polar surface area (TPSA) is 81.3 Å². The molecule has 0 fully saturated rings. The van der Waals surface area contributed by atoms with Crippen LogP contribution in [0.25, 0.3) is 0 Å². The largest absolute Gasteiger partial charge is 0.408 e. The normalized spacial score (nSPS) is 13.7. The number of rotatable bonds is 4. The van der Waals surface area contributed by atoms with Gasteiger partial charge in [0.05, 0.1) is 17.8 Å². The third-order valence-corrected chi connectivity index (χ3v) is 4.35. The van der Waals surface area contributed by atoms with Gasteiger partial charge in [-0.05, 0) is 36.3 Å². The summed E-state index contributed by atoms with van der Waals surface area (Å²) in [7, 11) is 0. The minimum Gasteiger partial charge on any atom is -0.358 e. The summed E-state index contributed by atoms with van der Waals surface area (Å²) in [6, 6.07) is 6.10. The molecule has 126 valence electrons. The van der Waals surface area contributed by atoms with E-state index in [4.69, 9.17) is 11.6 Å². The molecule has 1 amide bonds. The Kier molecular flexibility index (Phi) is 4.53. The Hall–Kier alpha value is -2.41. The number of nitrogens with zero attached hydrogens (tertiary/aromatic N) is 4. The monoisotopic (exact) mass is 348 g/mol. The molecule has 8 heteroatoms. The van der Waals surface area contributed by atoms with Crippen LogP contribution < -0.4 is 4.90 Å². The Bertz CT molecular complexity index is 803. The van der Waals surface area contributed by atoms with Crippen LogP contribution in [0.1, 0.15) is 24.0 Å². The Labute approximate surface area is 144 Å². The first-order valence-corrected chi connectivity index (χ1v) is 8.11. The van der Waals surface area contributed by atoms with Gasteiger partial charge in [0.1, 0.15) is 0 Å². The Morgan fingerprint density at radius 2 is 2.25 bits per heavy atom. The van der Waals surface area contributed by atoms with Crippen molar-refractivity contribution in [2.24, 2.45) is 0 Å². The number of halogens is 1. The van der Waals surface area contributed by atoms with Crippen LogP contribution in [0.3, 0.4) is 0 Å². The zero-order valence-corrected chi connectivity index (χ0v) is 14.0. The van der Waals surface area contributed by atoms with Crippen LogP contribution in [0.15, 0.2) is 24.4 Å². The van der Waals surface area contributed by atoms with Crippen LogP contribution >= 0.6 is 11.6 Å². The number of nitro groups is 1. The number of anilines is 1. The van der Waals surface area contributed by atoms with E-state index in [1.807, 2.05) is 19.1 Å². The maximum Gasteiger partial charge on any atom is 0.408 e. The molecule has 1 aliphatic rings. The van der Waals surface area contributed by atoms with Crippen LogP contribution in [-0.4, -0.2) is 27.2 Å². The second kappa shape index (κ2) is 6.60. The van der Waals surface area contributed by atoms with Crippen molar-refractivity contribution in [1.82, 2.24) is 9.78 Å². The molecule has 1 aromatic heterocycles. The average molecular weight is 349 g/mol. The molecule has 1 aromatic carbocycles. The van der Waals surface area contributed by atoms with Crippen LogP contribution in [0.2, 0.25) is 5.02 Å². The summed E-state index contributed by atoms with van der Waals surface area (Å²) < 4.78 is 1.35. The summed E-state index contributed by atoms with van der Waals surface area (Å²) >= 11 is 5.77. The number of fused-ring (bicyclic) bond motifs is 1. The summed E-state index contributed by atoms with van der Waals surface area (Å²) in [6.07, 6.45) is 3.49. The summed E-state index contributed by atoms with van der Waals surface area (Å²) in [5.74, 6) is -0.406. The molecule has 24 heavy (non-hydrogen) atoms. The van der Waals surface area contributed by atoms with Crippen molar-refractivity contribution in [1.29, 1.82) is 0 Å². The third kappa shape index (κ3) is 3.26. The smallest absolute Gasteiger partial charge is 0.358 e. The lowest BCUT2D eigenvalue weighted by Gasteiger charge is -2.29. The highest BCUT2D eigenvalue weighted by Gasteiger charge is 2.24. The number of carbonyl (C=O) groups is 1. The molecule has 0 saturated heterocycles. The fourth-order valence-corrected chi connectivity index (χ4v) is 3.17. The lowest BCUT2D eigenvalue weighted by molar-refractivity contribution is -0.389. The van der Waals surface area contributed by atoms with Gasteiger partial charge in [0.15, 0.2) is 5.02 Å². The minimum absolute atomic E-state index is 0.0194. The van der Waals surface area contributed by atoms with Gasteiger partial charge >= 0.3 is 5.82 Å². The van der Waals surface area contributed by atoms with E-state index in [2.05, 4.69) is 11.2 Å². The van der Waals surface area contributed by atoms with E-state index in [-0.39, 0.29) is 29.7 Å². The SMILES string of the molecule is Cc1ccc2c(c1)CCCN2C(=O)CCn1cc(Cl)c([N+](=O)[O-])n1. The van der Waals surface area contributed by atoms with Gasteiger partial charge in [-0.2, -0.15) is 4.68 Å². The Morgan fingerprint density at radius 1 is 1.46 bits per heavy atom. The fourth-order valence-electron chi connectivity index (χ4n) is 2.96. The van der Waals surface area contributed by atoms with E-state index >= 15 is 0 Å². The fraction of sp³-hybridized carbons (Fsp3) is 0.375. The van der Waals surface area contributed by atoms with Crippen molar-refractivity contribution in [3.05, 3.63) is 50.7 Å². The second-order valence-electron chi connectivity index (χ2n) is 5.85. The van der Waals surface area contributed by atoms with Crippen LogP contribution in [0, 0.1) is 17.0 Å². The van der Waals surface area contributed by atoms with Crippen molar-refractivity contribution in [3.8, 4) is 0 Å². The zero-order valence-electron chi connectivity index (χ0n) is 13.2. The van der Waals surface area contributed by atoms with E-state index in [9.17, 15) is 14.9 Å². The van der Waals surface area contributed by atoms with E-state index < -0.39 is 4.92 Å². The molecule has 0 saturated carbocycles. The van der Waals surface area contributed by atoms with Gasteiger partial charge in [-0.1, -0.05) is 29.3 Å². The molecule has 0 unspecified atom stereocenters. The summed E-state index contributed by atoms with van der Waals surface area (Å²) in [4.78, 5) is 24.5.